The van der Waals surface area contributed by atoms with E-state index in [2.05, 4.69) is 43.7 Å². The third-order valence-electron chi connectivity index (χ3n) is 0. The molecule has 6 heteroatoms. The van der Waals surface area contributed by atoms with Crippen LogP contribution in [0, 0.1) is 0 Å². The van der Waals surface area contributed by atoms with E-state index in [1.807, 2.05) is 13.1 Å². The lowest BCUT2D eigenvalue weighted by Gasteiger charge is -1.95. The average Bonchev–Trinajstić information content (AvgIpc) is 1.12. The molecule has 0 saturated carbocycles. The Kier molecular flexibility index (Phi) is 8.10. The maximum atomic E-state index is 5.43. The molecule has 0 unspecified atom stereocenters. The summed E-state index contributed by atoms with van der Waals surface area (Å²) in [5, 5.41) is -0.986. The predicted molar refractivity (Wildman–Crippen MR) is 64.5 cm³/mol. The first-order valence-corrected chi connectivity index (χ1v) is 15.3. The fraction of sp³-hybridized carbons (Fsp3) is 1.00. The maximum absolute atomic E-state index is 5.43. The summed E-state index contributed by atoms with van der Waals surface area (Å²) in [6.07, 6.45) is 0. The van der Waals surface area contributed by atoms with E-state index in [0.29, 0.717) is 0 Å². The van der Waals surface area contributed by atoms with Crippen LogP contribution in [0.3, 0.4) is 0 Å². The zero-order valence-electron chi connectivity index (χ0n) is 6.51. The quantitative estimate of drug-likeness (QED) is 0.442. The Morgan fingerprint density at radius 3 is 0.900 bits per heavy atom. The van der Waals surface area contributed by atoms with Crippen LogP contribution in [0.5, 0.6) is 0 Å². The van der Waals surface area contributed by atoms with Crippen molar-refractivity contribution in [2.75, 3.05) is 0 Å². The molecule has 0 aliphatic carbocycles. The Balaban J connectivity index is 0. The van der Waals surface area contributed by atoms with Crippen LogP contribution in [0.25, 0.3) is 0 Å². The van der Waals surface area contributed by atoms with Gasteiger partial charge in [0.05, 0.1) is 0 Å². The molecule has 10 heavy (non-hydrogen) atoms. The van der Waals surface area contributed by atoms with Crippen LogP contribution in [0.4, 0.5) is 0 Å². The van der Waals surface area contributed by atoms with Gasteiger partial charge in [0.2, 0.25) is 6.69 Å². The first-order valence-electron chi connectivity index (χ1n) is 2.76. The topological polar surface area (TPSA) is 0 Å². The highest BCUT2D eigenvalue weighted by Gasteiger charge is 2.09. The van der Waals surface area contributed by atoms with Crippen LogP contribution in [-0.2, 0) is 0 Å². The standard InChI is InChI=1S/C2H6Br2Si.C2H6Cl2Si/c2*1-5(2,3)4/h2*1-2H3. The third kappa shape index (κ3) is 206. The lowest BCUT2D eigenvalue weighted by molar-refractivity contribution is 2.06. The van der Waals surface area contributed by atoms with Crippen LogP contribution in [0.2, 0.25) is 26.2 Å². The summed E-state index contributed by atoms with van der Waals surface area (Å²) in [5.74, 6) is 0. The van der Waals surface area contributed by atoms with Gasteiger partial charge in [-0.05, 0) is 13.1 Å². The first-order chi connectivity index (χ1) is 4.00. The molecule has 0 atom stereocenters. The molecule has 0 bridgehead atoms. The van der Waals surface area contributed by atoms with Gasteiger partial charge < -0.3 is 0 Å². The molecule has 0 radical (unpaired) electrons. The molecule has 0 aromatic carbocycles. The van der Waals surface area contributed by atoms with E-state index in [1.165, 1.54) is 0 Å². The largest absolute Gasteiger partial charge is 0.245 e. The molecule has 0 rings (SSSR count). The van der Waals surface area contributed by atoms with Crippen molar-refractivity contribution in [2.45, 2.75) is 26.2 Å². The molecule has 0 nitrogen and oxygen atoms in total. The van der Waals surface area contributed by atoms with Crippen molar-refractivity contribution in [3.63, 3.8) is 0 Å². The highest BCUT2D eigenvalue weighted by Crippen LogP contribution is 2.17. The van der Waals surface area contributed by atoms with Gasteiger partial charge in [-0.15, -0.1) is 52.7 Å². The normalized spacial score (nSPS) is 12.0. The van der Waals surface area contributed by atoms with Crippen molar-refractivity contribution in [3.05, 3.63) is 0 Å². The molecule has 64 valence electrons. The van der Waals surface area contributed by atoms with Crippen LogP contribution in [0.15, 0.2) is 0 Å². The Bertz CT molecular complexity index is 62.2. The molecule has 0 aliphatic rings. The summed E-state index contributed by atoms with van der Waals surface area (Å²) in [5.41, 5.74) is 0. The van der Waals surface area contributed by atoms with Gasteiger partial charge in [-0.2, -0.15) is 0 Å². The minimum absolute atomic E-state index is 0.986. The summed E-state index contributed by atoms with van der Waals surface area (Å²) >= 11 is 17.7. The summed E-state index contributed by atoms with van der Waals surface area (Å²) in [6, 6.07) is 0. The first kappa shape index (κ1) is 14.5. The van der Waals surface area contributed by atoms with Crippen molar-refractivity contribution < 1.29 is 0 Å². The van der Waals surface area contributed by atoms with Gasteiger partial charge in [0.25, 0.3) is 0 Å². The van der Waals surface area contributed by atoms with Gasteiger partial charge in [0, 0.05) is 0 Å². The van der Waals surface area contributed by atoms with Crippen molar-refractivity contribution in [1.29, 1.82) is 0 Å². The fourth-order valence-corrected chi connectivity index (χ4v) is 0. The highest BCUT2D eigenvalue weighted by molar-refractivity contribution is 9.51. The van der Waals surface area contributed by atoms with E-state index in [0.717, 1.165) is 0 Å². The fourth-order valence-electron chi connectivity index (χ4n) is 0. The smallest absolute Gasteiger partial charge is 0.146 e. The maximum Gasteiger partial charge on any atom is 0.245 e. The molecule has 0 amide bonds. The molecule has 0 aromatic heterocycles. The SMILES string of the molecule is C[Si](C)(Br)Br.C[Si](C)(Cl)Cl. The van der Waals surface area contributed by atoms with E-state index >= 15 is 0 Å². The van der Waals surface area contributed by atoms with Gasteiger partial charge in [0.15, 0.2) is 5.31 Å². The number of halogens is 4. The van der Waals surface area contributed by atoms with Crippen LogP contribution < -0.4 is 0 Å². The van der Waals surface area contributed by atoms with Gasteiger partial charge in [-0.25, -0.2) is 0 Å². The van der Waals surface area contributed by atoms with E-state index in [9.17, 15) is 0 Å². The van der Waals surface area contributed by atoms with E-state index in [1.54, 1.807) is 0 Å². The lowest BCUT2D eigenvalue weighted by atomic mass is 11.9. The second-order valence-electron chi connectivity index (χ2n) is 2.65. The van der Waals surface area contributed by atoms with E-state index < -0.39 is 12.0 Å². The zero-order valence-corrected chi connectivity index (χ0v) is 13.2. The van der Waals surface area contributed by atoms with Gasteiger partial charge in [-0.3, -0.25) is 0 Å². The Morgan fingerprint density at radius 1 is 0.900 bits per heavy atom. The van der Waals surface area contributed by atoms with Crippen molar-refractivity contribution in [2.24, 2.45) is 0 Å². The number of hydrogen-bond donors (Lipinski definition) is 0. The second kappa shape index (κ2) is 5.59. The minimum Gasteiger partial charge on any atom is -0.146 e. The van der Waals surface area contributed by atoms with Crippen LogP contribution in [-0.4, -0.2) is 12.0 Å². The molecule has 0 spiro atoms. The number of hydrogen-bond acceptors (Lipinski definition) is 0. The van der Waals surface area contributed by atoms with Crippen molar-refractivity contribution >= 4 is 64.7 Å². The monoisotopic (exact) mass is 344 g/mol. The summed E-state index contributed by atoms with van der Waals surface area (Å²) in [4.78, 5) is 0. The van der Waals surface area contributed by atoms with Crippen LogP contribution >= 0.6 is 52.7 Å². The minimum atomic E-state index is -1.67. The van der Waals surface area contributed by atoms with Crippen molar-refractivity contribution in [1.82, 2.24) is 0 Å². The predicted octanol–water partition coefficient (Wildman–Crippen LogP) is 4.64. The van der Waals surface area contributed by atoms with Crippen molar-refractivity contribution in [3.8, 4) is 0 Å². The Hall–Kier alpha value is 1.97. The van der Waals surface area contributed by atoms with E-state index in [-0.39, 0.29) is 0 Å². The summed E-state index contributed by atoms with van der Waals surface area (Å²) in [7, 11) is 0. The van der Waals surface area contributed by atoms with Gasteiger partial charge in [0.1, 0.15) is 0 Å². The molecule has 0 heterocycles. The third-order valence-corrected chi connectivity index (χ3v) is 0. The Labute approximate surface area is 90.3 Å². The van der Waals surface area contributed by atoms with Gasteiger partial charge in [-0.1, -0.05) is 13.1 Å². The molecule has 0 saturated heterocycles. The van der Waals surface area contributed by atoms with Crippen LogP contribution in [0.1, 0.15) is 0 Å². The van der Waals surface area contributed by atoms with E-state index in [4.69, 9.17) is 22.2 Å². The zero-order chi connectivity index (χ0) is 9.00. The summed E-state index contributed by atoms with van der Waals surface area (Å²) < 4.78 is 0. The molecule has 0 fully saturated rings. The summed E-state index contributed by atoms with van der Waals surface area (Å²) in [6.45, 7) is 6.37. The molecular weight excluding hydrogens is 335 g/mol. The number of rotatable bonds is 0. The average molecular weight is 347 g/mol. The molecule has 0 N–H and O–H groups in total. The molecule has 0 aromatic rings. The second-order valence-corrected chi connectivity index (χ2v) is 29.3. The lowest BCUT2D eigenvalue weighted by Crippen LogP contribution is -2.02. The molecule has 0 aliphatic heterocycles. The highest BCUT2D eigenvalue weighted by atomic mass is 79.9. The van der Waals surface area contributed by atoms with Gasteiger partial charge >= 0.3 is 0 Å². The molecular formula is C4H12Br2Cl2Si2. The Morgan fingerprint density at radius 2 is 0.900 bits per heavy atom.